The largest absolute Gasteiger partial charge is 0.462 e. The third kappa shape index (κ3) is 8.16. The summed E-state index contributed by atoms with van der Waals surface area (Å²) in [6.45, 7) is 0. The molecule has 0 aromatic rings. The zero-order valence-corrected chi connectivity index (χ0v) is 15.1. The van der Waals surface area contributed by atoms with Gasteiger partial charge >= 0.3 is 11.9 Å². The van der Waals surface area contributed by atoms with Crippen molar-refractivity contribution >= 4 is 11.9 Å². The Bertz CT molecular complexity index is 332. The second-order valence-corrected chi connectivity index (χ2v) is 7.41. The smallest absolute Gasteiger partial charge is 0.306 e. The lowest BCUT2D eigenvalue weighted by Crippen LogP contribution is -2.20. The van der Waals surface area contributed by atoms with E-state index in [9.17, 15) is 9.59 Å². The van der Waals surface area contributed by atoms with Crippen LogP contribution in [0, 0.1) is 0 Å². The zero-order chi connectivity index (χ0) is 17.0. The number of hydrogen-bond acceptors (Lipinski definition) is 4. The minimum atomic E-state index is -0.0430. The molecule has 4 nitrogen and oxygen atoms in total. The van der Waals surface area contributed by atoms with Gasteiger partial charge in [0.2, 0.25) is 0 Å². The first-order valence-electron chi connectivity index (χ1n) is 10.1. The van der Waals surface area contributed by atoms with E-state index in [0.29, 0.717) is 12.8 Å². The van der Waals surface area contributed by atoms with Gasteiger partial charge in [-0.3, -0.25) is 9.59 Å². The van der Waals surface area contributed by atoms with Gasteiger partial charge in [0.15, 0.2) is 0 Å². The van der Waals surface area contributed by atoms with E-state index in [2.05, 4.69) is 0 Å². The molecule has 0 bridgehead atoms. The maximum Gasteiger partial charge on any atom is 0.306 e. The predicted molar refractivity (Wildman–Crippen MR) is 93.6 cm³/mol. The molecule has 0 unspecified atom stereocenters. The molecule has 2 saturated carbocycles. The third-order valence-corrected chi connectivity index (χ3v) is 5.21. The van der Waals surface area contributed by atoms with Crippen molar-refractivity contribution in [3.63, 3.8) is 0 Å². The lowest BCUT2D eigenvalue weighted by atomic mass is 9.98. The summed E-state index contributed by atoms with van der Waals surface area (Å²) in [6, 6.07) is 0. The van der Waals surface area contributed by atoms with E-state index in [1.165, 1.54) is 38.5 Å². The van der Waals surface area contributed by atoms with Crippen molar-refractivity contribution in [1.29, 1.82) is 0 Å². The molecule has 2 fully saturated rings. The highest BCUT2D eigenvalue weighted by atomic mass is 16.5. The second-order valence-electron chi connectivity index (χ2n) is 7.41. The first-order chi connectivity index (χ1) is 11.7. The number of unbranched alkanes of at least 4 members (excludes halogenated alkanes) is 3. The fourth-order valence-electron chi connectivity index (χ4n) is 3.75. The lowest BCUT2D eigenvalue weighted by molar-refractivity contribution is -0.151. The number of rotatable bonds is 9. The lowest BCUT2D eigenvalue weighted by Gasteiger charge is -2.22. The maximum absolute atomic E-state index is 11.8. The van der Waals surface area contributed by atoms with E-state index in [0.717, 1.165) is 51.4 Å². The van der Waals surface area contributed by atoms with Gasteiger partial charge in [-0.05, 0) is 64.2 Å². The molecule has 2 aliphatic rings. The van der Waals surface area contributed by atoms with Crippen LogP contribution in [0.15, 0.2) is 0 Å². The molecule has 4 heteroatoms. The average molecular weight is 338 g/mol. The van der Waals surface area contributed by atoms with Gasteiger partial charge in [-0.25, -0.2) is 0 Å². The molecule has 0 radical (unpaired) electrons. The molecule has 138 valence electrons. The highest BCUT2D eigenvalue weighted by molar-refractivity contribution is 5.69. The Morgan fingerprint density at radius 2 is 0.958 bits per heavy atom. The maximum atomic E-state index is 11.8. The summed E-state index contributed by atoms with van der Waals surface area (Å²) in [6.07, 6.45) is 16.5. The Hall–Kier alpha value is -1.06. The molecule has 0 amide bonds. The number of esters is 2. The molecule has 0 saturated heterocycles. The fraction of sp³-hybridized carbons (Fsp3) is 0.900. The van der Waals surface area contributed by atoms with Crippen LogP contribution in [0.1, 0.15) is 103 Å². The topological polar surface area (TPSA) is 52.6 Å². The van der Waals surface area contributed by atoms with Gasteiger partial charge in [0.05, 0.1) is 0 Å². The van der Waals surface area contributed by atoms with Gasteiger partial charge in [0.1, 0.15) is 12.2 Å². The van der Waals surface area contributed by atoms with Crippen molar-refractivity contribution in [2.45, 2.75) is 115 Å². The Balaban J connectivity index is 1.41. The number of hydrogen-bond donors (Lipinski definition) is 0. The van der Waals surface area contributed by atoms with E-state index in [1.807, 2.05) is 0 Å². The van der Waals surface area contributed by atoms with E-state index in [-0.39, 0.29) is 24.1 Å². The van der Waals surface area contributed by atoms with Gasteiger partial charge in [0.25, 0.3) is 0 Å². The van der Waals surface area contributed by atoms with Crippen molar-refractivity contribution in [1.82, 2.24) is 0 Å². The van der Waals surface area contributed by atoms with Gasteiger partial charge < -0.3 is 9.47 Å². The van der Waals surface area contributed by atoms with Crippen LogP contribution in [0.2, 0.25) is 0 Å². The Labute approximate surface area is 146 Å². The van der Waals surface area contributed by atoms with E-state index < -0.39 is 0 Å². The molecule has 2 aliphatic carbocycles. The molecule has 0 aliphatic heterocycles. The Morgan fingerprint density at radius 1 is 0.583 bits per heavy atom. The normalized spacial score (nSPS) is 19.8. The average Bonchev–Trinajstić information content (AvgIpc) is 2.60. The predicted octanol–water partition coefficient (Wildman–Crippen LogP) is 5.08. The summed E-state index contributed by atoms with van der Waals surface area (Å²) in [4.78, 5) is 23.6. The van der Waals surface area contributed by atoms with Gasteiger partial charge in [-0.15, -0.1) is 0 Å². The van der Waals surface area contributed by atoms with Crippen LogP contribution in [0.5, 0.6) is 0 Å². The molecule has 0 aromatic carbocycles. The first kappa shape index (κ1) is 19.3. The fourth-order valence-corrected chi connectivity index (χ4v) is 3.75. The second kappa shape index (κ2) is 11.5. The molecule has 0 heterocycles. The highest BCUT2D eigenvalue weighted by Crippen LogP contribution is 2.22. The van der Waals surface area contributed by atoms with Crippen molar-refractivity contribution in [3.05, 3.63) is 0 Å². The van der Waals surface area contributed by atoms with E-state index in [1.54, 1.807) is 0 Å². The number of ether oxygens (including phenoxy) is 2. The van der Waals surface area contributed by atoms with Gasteiger partial charge in [-0.1, -0.05) is 25.7 Å². The molecule has 0 spiro atoms. The molecular weight excluding hydrogens is 304 g/mol. The minimum Gasteiger partial charge on any atom is -0.462 e. The molecule has 0 atom stereocenters. The van der Waals surface area contributed by atoms with E-state index in [4.69, 9.17) is 9.47 Å². The van der Waals surface area contributed by atoms with Crippen molar-refractivity contribution in [3.8, 4) is 0 Å². The van der Waals surface area contributed by atoms with Gasteiger partial charge in [0, 0.05) is 12.8 Å². The van der Waals surface area contributed by atoms with Crippen LogP contribution in [0.4, 0.5) is 0 Å². The van der Waals surface area contributed by atoms with Crippen molar-refractivity contribution in [2.24, 2.45) is 0 Å². The van der Waals surface area contributed by atoms with Crippen LogP contribution < -0.4 is 0 Å². The molecule has 24 heavy (non-hydrogen) atoms. The standard InChI is InChI=1S/C20H34O4/c21-19(23-17-11-5-3-6-12-17)15-9-1-2-10-16-20(22)24-18-13-7-4-8-14-18/h17-18H,1-16H2. The molecular formula is C20H34O4. The summed E-state index contributed by atoms with van der Waals surface area (Å²) in [5, 5.41) is 0. The minimum absolute atomic E-state index is 0.0430. The SMILES string of the molecule is O=C(CCCCCCC(=O)OC1CCCCC1)OC1CCCCC1. The zero-order valence-electron chi connectivity index (χ0n) is 15.1. The third-order valence-electron chi connectivity index (χ3n) is 5.21. The van der Waals surface area contributed by atoms with Crippen molar-refractivity contribution < 1.29 is 19.1 Å². The van der Waals surface area contributed by atoms with Crippen LogP contribution in [0.3, 0.4) is 0 Å². The summed E-state index contributed by atoms with van der Waals surface area (Å²) in [7, 11) is 0. The summed E-state index contributed by atoms with van der Waals surface area (Å²) < 4.78 is 11.0. The summed E-state index contributed by atoms with van der Waals surface area (Å²) >= 11 is 0. The Morgan fingerprint density at radius 3 is 1.33 bits per heavy atom. The van der Waals surface area contributed by atoms with Crippen molar-refractivity contribution in [2.75, 3.05) is 0 Å². The Kier molecular flexibility index (Phi) is 9.22. The summed E-state index contributed by atoms with van der Waals surface area (Å²) in [5.41, 5.74) is 0. The highest BCUT2D eigenvalue weighted by Gasteiger charge is 2.18. The van der Waals surface area contributed by atoms with Gasteiger partial charge in [-0.2, -0.15) is 0 Å². The van der Waals surface area contributed by atoms with Crippen LogP contribution in [-0.2, 0) is 19.1 Å². The molecule has 2 rings (SSSR count). The molecule has 0 aromatic heterocycles. The van der Waals surface area contributed by atoms with Crippen LogP contribution in [0.25, 0.3) is 0 Å². The summed E-state index contributed by atoms with van der Waals surface area (Å²) in [5.74, 6) is -0.0859. The number of carbonyl (C=O) groups excluding carboxylic acids is 2. The first-order valence-corrected chi connectivity index (χ1v) is 10.1. The van der Waals surface area contributed by atoms with Crippen LogP contribution >= 0.6 is 0 Å². The molecule has 0 N–H and O–H groups in total. The monoisotopic (exact) mass is 338 g/mol. The quantitative estimate of drug-likeness (QED) is 0.434. The number of carbonyl (C=O) groups is 2. The van der Waals surface area contributed by atoms with E-state index >= 15 is 0 Å². The van der Waals surface area contributed by atoms with Crippen LogP contribution in [-0.4, -0.2) is 24.1 Å².